The third-order valence-corrected chi connectivity index (χ3v) is 3.84. The number of rotatable bonds is 9. The van der Waals surface area contributed by atoms with Gasteiger partial charge in [0.1, 0.15) is 6.10 Å². The van der Waals surface area contributed by atoms with E-state index in [1.54, 1.807) is 0 Å². The molecule has 2 atom stereocenters. The quantitative estimate of drug-likeness (QED) is 0.558. The van der Waals surface area contributed by atoms with Gasteiger partial charge in [0.2, 0.25) is 0 Å². The summed E-state index contributed by atoms with van der Waals surface area (Å²) in [6, 6.07) is 0. The van der Waals surface area contributed by atoms with Crippen molar-refractivity contribution in [1.82, 2.24) is 0 Å². The van der Waals surface area contributed by atoms with E-state index in [1.165, 1.54) is 12.0 Å². The molecule has 21 heavy (non-hydrogen) atoms. The van der Waals surface area contributed by atoms with Crippen LogP contribution in [0.2, 0.25) is 0 Å². The van der Waals surface area contributed by atoms with Crippen molar-refractivity contribution < 1.29 is 9.53 Å². The second kappa shape index (κ2) is 9.73. The van der Waals surface area contributed by atoms with E-state index in [9.17, 15) is 4.79 Å². The first kappa shape index (κ1) is 17.9. The Labute approximate surface area is 130 Å². The SMILES string of the molecule is CC(C)=CCC[C@@H](C)CCOC(C)C(=O)C1=CCCC=C1. The van der Waals surface area contributed by atoms with Crippen molar-refractivity contribution in [3.63, 3.8) is 0 Å². The molecule has 0 fully saturated rings. The van der Waals surface area contributed by atoms with E-state index in [1.807, 2.05) is 19.1 Å². The monoisotopic (exact) mass is 290 g/mol. The first-order valence-corrected chi connectivity index (χ1v) is 8.16. The van der Waals surface area contributed by atoms with Gasteiger partial charge in [-0.15, -0.1) is 0 Å². The molecule has 1 aliphatic rings. The largest absolute Gasteiger partial charge is 0.370 e. The highest BCUT2D eigenvalue weighted by molar-refractivity contribution is 6.01. The summed E-state index contributed by atoms with van der Waals surface area (Å²) >= 11 is 0. The second-order valence-electron chi connectivity index (χ2n) is 6.27. The van der Waals surface area contributed by atoms with Crippen molar-refractivity contribution >= 4 is 5.78 Å². The topological polar surface area (TPSA) is 26.3 Å². The fourth-order valence-electron chi connectivity index (χ4n) is 2.35. The molecule has 0 spiro atoms. The maximum absolute atomic E-state index is 12.2. The molecule has 0 amide bonds. The zero-order chi connectivity index (χ0) is 15.7. The van der Waals surface area contributed by atoms with Crippen LogP contribution >= 0.6 is 0 Å². The average molecular weight is 290 g/mol. The van der Waals surface area contributed by atoms with Gasteiger partial charge >= 0.3 is 0 Å². The maximum Gasteiger partial charge on any atom is 0.190 e. The Kier molecular flexibility index (Phi) is 8.29. The molecule has 1 unspecified atom stereocenters. The van der Waals surface area contributed by atoms with E-state index >= 15 is 0 Å². The van der Waals surface area contributed by atoms with Gasteiger partial charge in [-0.05, 0) is 58.8 Å². The van der Waals surface area contributed by atoms with E-state index in [2.05, 4.69) is 32.9 Å². The lowest BCUT2D eigenvalue weighted by Gasteiger charge is -2.16. The minimum absolute atomic E-state index is 0.114. The van der Waals surface area contributed by atoms with Crippen molar-refractivity contribution in [2.45, 2.75) is 65.9 Å². The lowest BCUT2D eigenvalue weighted by molar-refractivity contribution is -0.125. The minimum Gasteiger partial charge on any atom is -0.370 e. The summed E-state index contributed by atoms with van der Waals surface area (Å²) < 4.78 is 5.72. The molecule has 0 radical (unpaired) electrons. The molecule has 0 bridgehead atoms. The van der Waals surface area contributed by atoms with Crippen LogP contribution in [0.4, 0.5) is 0 Å². The molecule has 0 heterocycles. The number of allylic oxidation sites excluding steroid dienone is 5. The van der Waals surface area contributed by atoms with E-state index < -0.39 is 0 Å². The summed E-state index contributed by atoms with van der Waals surface area (Å²) in [6.07, 6.45) is 13.3. The smallest absolute Gasteiger partial charge is 0.190 e. The van der Waals surface area contributed by atoms with Crippen LogP contribution in [0.15, 0.2) is 35.5 Å². The Morgan fingerprint density at radius 1 is 1.29 bits per heavy atom. The number of hydrogen-bond donors (Lipinski definition) is 0. The summed E-state index contributed by atoms with van der Waals surface area (Å²) in [4.78, 5) is 12.2. The van der Waals surface area contributed by atoms with Crippen LogP contribution in [0.1, 0.15) is 59.8 Å². The molecule has 2 nitrogen and oxygen atoms in total. The number of hydrogen-bond acceptors (Lipinski definition) is 2. The van der Waals surface area contributed by atoms with Crippen molar-refractivity contribution in [1.29, 1.82) is 0 Å². The summed E-state index contributed by atoms with van der Waals surface area (Å²) in [5.74, 6) is 0.750. The number of carbonyl (C=O) groups is 1. The van der Waals surface area contributed by atoms with Gasteiger partial charge in [-0.1, -0.05) is 36.8 Å². The van der Waals surface area contributed by atoms with Gasteiger partial charge in [-0.25, -0.2) is 0 Å². The molecule has 0 aromatic rings. The van der Waals surface area contributed by atoms with Crippen LogP contribution in [0, 0.1) is 5.92 Å². The molecule has 0 aliphatic heterocycles. The van der Waals surface area contributed by atoms with Crippen molar-refractivity contribution in [2.75, 3.05) is 6.61 Å². The molecular weight excluding hydrogens is 260 g/mol. The standard InChI is InChI=1S/C19H30O2/c1-15(2)9-8-10-16(3)13-14-21-17(4)19(20)18-11-6-5-7-12-18/h6,9,11-12,16-17H,5,7-8,10,13-14H2,1-4H3/t16-,17?/m1/s1. The van der Waals surface area contributed by atoms with Crippen LogP contribution < -0.4 is 0 Å². The predicted octanol–water partition coefficient (Wildman–Crippen LogP) is 5.01. The number of carbonyl (C=O) groups excluding carboxylic acids is 1. The van der Waals surface area contributed by atoms with E-state index in [0.29, 0.717) is 12.5 Å². The van der Waals surface area contributed by atoms with Crippen LogP contribution in [0.3, 0.4) is 0 Å². The molecular formula is C19H30O2. The first-order chi connectivity index (χ1) is 10.0. The molecule has 0 saturated carbocycles. The normalized spacial score (nSPS) is 17.0. The lowest BCUT2D eigenvalue weighted by atomic mass is 10.00. The molecule has 0 aromatic heterocycles. The van der Waals surface area contributed by atoms with Gasteiger partial charge in [-0.3, -0.25) is 4.79 Å². The number of Topliss-reactive ketones (excluding diaryl/α,β-unsaturated/α-hetero) is 1. The lowest BCUT2D eigenvalue weighted by Crippen LogP contribution is -2.23. The van der Waals surface area contributed by atoms with Crippen LogP contribution in [-0.4, -0.2) is 18.5 Å². The first-order valence-electron chi connectivity index (χ1n) is 8.16. The second-order valence-corrected chi connectivity index (χ2v) is 6.27. The zero-order valence-electron chi connectivity index (χ0n) is 14.0. The van der Waals surface area contributed by atoms with Gasteiger partial charge in [0, 0.05) is 12.2 Å². The van der Waals surface area contributed by atoms with E-state index in [4.69, 9.17) is 4.74 Å². The zero-order valence-corrected chi connectivity index (χ0v) is 14.0. The summed E-state index contributed by atoms with van der Waals surface area (Å²) in [6.45, 7) is 9.05. The highest BCUT2D eigenvalue weighted by Crippen LogP contribution is 2.15. The van der Waals surface area contributed by atoms with E-state index in [0.717, 1.165) is 31.3 Å². The Morgan fingerprint density at radius 2 is 2.05 bits per heavy atom. The summed E-state index contributed by atoms with van der Waals surface area (Å²) in [7, 11) is 0. The summed E-state index contributed by atoms with van der Waals surface area (Å²) in [5.41, 5.74) is 2.19. The fourth-order valence-corrected chi connectivity index (χ4v) is 2.35. The Balaban J connectivity index is 2.22. The van der Waals surface area contributed by atoms with Gasteiger partial charge in [-0.2, -0.15) is 0 Å². The molecule has 1 rings (SSSR count). The van der Waals surface area contributed by atoms with Crippen molar-refractivity contribution in [2.24, 2.45) is 5.92 Å². The highest BCUT2D eigenvalue weighted by Gasteiger charge is 2.17. The molecule has 0 saturated heterocycles. The van der Waals surface area contributed by atoms with Crippen molar-refractivity contribution in [3.8, 4) is 0 Å². The average Bonchev–Trinajstić information content (AvgIpc) is 2.46. The van der Waals surface area contributed by atoms with Crippen LogP contribution in [0.5, 0.6) is 0 Å². The van der Waals surface area contributed by atoms with Gasteiger partial charge in [0.25, 0.3) is 0 Å². The molecule has 118 valence electrons. The van der Waals surface area contributed by atoms with Gasteiger partial charge < -0.3 is 4.74 Å². The van der Waals surface area contributed by atoms with Gasteiger partial charge in [0.15, 0.2) is 5.78 Å². The van der Waals surface area contributed by atoms with Gasteiger partial charge in [0.05, 0.1) is 0 Å². The molecule has 0 aromatic carbocycles. The third-order valence-electron chi connectivity index (χ3n) is 3.84. The summed E-state index contributed by atoms with van der Waals surface area (Å²) in [5, 5.41) is 0. The number of ketones is 1. The Morgan fingerprint density at radius 3 is 2.67 bits per heavy atom. The molecule has 1 aliphatic carbocycles. The molecule has 0 N–H and O–H groups in total. The number of ether oxygens (including phenoxy) is 1. The van der Waals surface area contributed by atoms with Crippen LogP contribution in [0.25, 0.3) is 0 Å². The maximum atomic E-state index is 12.2. The third kappa shape index (κ3) is 7.42. The minimum atomic E-state index is -0.330. The fraction of sp³-hybridized carbons (Fsp3) is 0.632. The Bertz CT molecular complexity index is 411. The highest BCUT2D eigenvalue weighted by atomic mass is 16.5. The predicted molar refractivity (Wildman–Crippen MR) is 89.3 cm³/mol. The van der Waals surface area contributed by atoms with Crippen molar-refractivity contribution in [3.05, 3.63) is 35.5 Å². The molecule has 2 heteroatoms. The van der Waals surface area contributed by atoms with Crippen LogP contribution in [-0.2, 0) is 9.53 Å². The Hall–Kier alpha value is -1.15. The van der Waals surface area contributed by atoms with E-state index in [-0.39, 0.29) is 11.9 Å².